The summed E-state index contributed by atoms with van der Waals surface area (Å²) in [6, 6.07) is 13.6. The van der Waals surface area contributed by atoms with Crippen molar-refractivity contribution in [3.8, 4) is 0 Å². The molecule has 0 amide bonds. The first-order chi connectivity index (χ1) is 13.8. The number of benzene rings is 2. The van der Waals surface area contributed by atoms with Crippen molar-refractivity contribution >= 4 is 16.7 Å². The lowest BCUT2D eigenvalue weighted by Gasteiger charge is -2.35. The first-order valence-electron chi connectivity index (χ1n) is 10.2. The summed E-state index contributed by atoms with van der Waals surface area (Å²) in [6.07, 6.45) is 1.21. The summed E-state index contributed by atoms with van der Waals surface area (Å²) in [4.78, 5) is 7.41. The van der Waals surface area contributed by atoms with Crippen LogP contribution in [0.4, 0.5) is 10.2 Å². The molecule has 5 nitrogen and oxygen atoms in total. The molecule has 0 unspecified atom stereocenters. The van der Waals surface area contributed by atoms with Crippen molar-refractivity contribution in [3.05, 3.63) is 59.4 Å². The van der Waals surface area contributed by atoms with Gasteiger partial charge in [0.15, 0.2) is 5.82 Å². The molecule has 0 saturated carbocycles. The van der Waals surface area contributed by atoms with E-state index in [9.17, 15) is 4.39 Å². The number of fused-ring (bicyclic) bond motifs is 2. The third-order valence-corrected chi connectivity index (χ3v) is 6.03. The molecule has 0 atom stereocenters. The van der Waals surface area contributed by atoms with Crippen molar-refractivity contribution in [3.63, 3.8) is 0 Å². The van der Waals surface area contributed by atoms with Crippen LogP contribution >= 0.6 is 0 Å². The number of aromatic nitrogens is 2. The standard InChI is InChI=1S/C22H26FN5/c23-19-6-7-20-21(14-19)24-25-22(20)28-12-10-26(11-13-28)8-3-9-27-15-17-4-1-2-5-18(17)16-27/h1-2,4-7,14H,3,8-13,15-16H2,(H,24,25). The van der Waals surface area contributed by atoms with Crippen LogP contribution in [-0.2, 0) is 13.1 Å². The second-order valence-electron chi connectivity index (χ2n) is 7.90. The summed E-state index contributed by atoms with van der Waals surface area (Å²) in [7, 11) is 0. The summed E-state index contributed by atoms with van der Waals surface area (Å²) in [5, 5.41) is 8.39. The minimum absolute atomic E-state index is 0.228. The molecule has 0 aliphatic carbocycles. The molecule has 146 valence electrons. The van der Waals surface area contributed by atoms with Crippen molar-refractivity contribution < 1.29 is 4.39 Å². The Morgan fingerprint density at radius 1 is 0.893 bits per heavy atom. The van der Waals surface area contributed by atoms with E-state index in [0.717, 1.165) is 69.1 Å². The lowest BCUT2D eigenvalue weighted by atomic mass is 10.1. The Bertz CT molecular complexity index is 935. The average Bonchev–Trinajstić information content (AvgIpc) is 3.31. The van der Waals surface area contributed by atoms with E-state index in [4.69, 9.17) is 0 Å². The Morgan fingerprint density at radius 2 is 1.61 bits per heavy atom. The van der Waals surface area contributed by atoms with Gasteiger partial charge in [0.05, 0.1) is 5.52 Å². The first-order valence-corrected chi connectivity index (χ1v) is 10.2. The monoisotopic (exact) mass is 379 g/mol. The van der Waals surface area contributed by atoms with E-state index in [0.29, 0.717) is 0 Å². The maximum atomic E-state index is 13.4. The van der Waals surface area contributed by atoms with Gasteiger partial charge in [0.25, 0.3) is 0 Å². The molecule has 2 aliphatic heterocycles. The molecule has 6 heteroatoms. The smallest absolute Gasteiger partial charge is 0.158 e. The van der Waals surface area contributed by atoms with E-state index in [-0.39, 0.29) is 5.82 Å². The third kappa shape index (κ3) is 3.50. The predicted molar refractivity (Wildman–Crippen MR) is 110 cm³/mol. The van der Waals surface area contributed by atoms with Crippen LogP contribution < -0.4 is 4.90 Å². The molecule has 1 fully saturated rings. The molecule has 2 aromatic carbocycles. The normalized spacial score (nSPS) is 18.1. The average molecular weight is 379 g/mol. The fraction of sp³-hybridized carbons (Fsp3) is 0.409. The van der Waals surface area contributed by atoms with Crippen LogP contribution in [-0.4, -0.2) is 59.3 Å². The van der Waals surface area contributed by atoms with E-state index in [1.165, 1.54) is 29.7 Å². The second kappa shape index (κ2) is 7.53. The molecule has 5 rings (SSSR count). The highest BCUT2D eigenvalue weighted by atomic mass is 19.1. The van der Waals surface area contributed by atoms with Gasteiger partial charge < -0.3 is 4.90 Å². The number of piperazine rings is 1. The number of H-pyrrole nitrogens is 1. The number of rotatable bonds is 5. The SMILES string of the molecule is Fc1ccc2c(N3CCN(CCCN4Cc5ccccc5C4)CC3)n[nH]c2c1. The number of nitrogens with one attached hydrogen (secondary N) is 1. The van der Waals surface area contributed by atoms with Crippen LogP contribution in [0.15, 0.2) is 42.5 Å². The molecular formula is C22H26FN5. The van der Waals surface area contributed by atoms with Crippen LogP contribution in [0.25, 0.3) is 10.9 Å². The van der Waals surface area contributed by atoms with Gasteiger partial charge in [-0.2, -0.15) is 5.10 Å². The molecule has 3 aromatic rings. The summed E-state index contributed by atoms with van der Waals surface area (Å²) in [6.45, 7) is 8.52. The zero-order valence-corrected chi connectivity index (χ0v) is 16.1. The van der Waals surface area contributed by atoms with Crippen LogP contribution in [0.3, 0.4) is 0 Å². The Labute approximate surface area is 164 Å². The zero-order valence-electron chi connectivity index (χ0n) is 16.1. The second-order valence-corrected chi connectivity index (χ2v) is 7.90. The van der Waals surface area contributed by atoms with E-state index in [1.807, 2.05) is 6.07 Å². The van der Waals surface area contributed by atoms with E-state index < -0.39 is 0 Å². The van der Waals surface area contributed by atoms with Crippen molar-refractivity contribution in [1.82, 2.24) is 20.0 Å². The first kappa shape index (κ1) is 17.6. The largest absolute Gasteiger partial charge is 0.352 e. The number of halogens is 1. The molecule has 3 heterocycles. The Balaban J connectivity index is 1.10. The van der Waals surface area contributed by atoms with Gasteiger partial charge in [-0.05, 0) is 42.3 Å². The predicted octanol–water partition coefficient (Wildman–Crippen LogP) is 3.23. The van der Waals surface area contributed by atoms with Crippen LogP contribution in [0.1, 0.15) is 17.5 Å². The highest BCUT2D eigenvalue weighted by Crippen LogP contribution is 2.26. The van der Waals surface area contributed by atoms with Gasteiger partial charge in [0.2, 0.25) is 0 Å². The molecule has 28 heavy (non-hydrogen) atoms. The number of aromatic amines is 1. The van der Waals surface area contributed by atoms with E-state index in [2.05, 4.69) is 49.2 Å². The summed E-state index contributed by atoms with van der Waals surface area (Å²) in [5.41, 5.74) is 3.74. The van der Waals surface area contributed by atoms with Gasteiger partial charge in [-0.1, -0.05) is 24.3 Å². The maximum Gasteiger partial charge on any atom is 0.158 e. The van der Waals surface area contributed by atoms with Gasteiger partial charge in [-0.25, -0.2) is 4.39 Å². The molecule has 1 saturated heterocycles. The van der Waals surface area contributed by atoms with Gasteiger partial charge >= 0.3 is 0 Å². The fourth-order valence-corrected chi connectivity index (χ4v) is 4.48. The van der Waals surface area contributed by atoms with Gasteiger partial charge in [0, 0.05) is 51.2 Å². The summed E-state index contributed by atoms with van der Waals surface area (Å²) in [5.74, 6) is 0.720. The molecule has 2 aliphatic rings. The Kier molecular flexibility index (Phi) is 4.74. The fourth-order valence-electron chi connectivity index (χ4n) is 4.48. The quantitative estimate of drug-likeness (QED) is 0.739. The van der Waals surface area contributed by atoms with Gasteiger partial charge in [0.1, 0.15) is 5.82 Å². The highest BCUT2D eigenvalue weighted by molar-refractivity contribution is 5.90. The van der Waals surface area contributed by atoms with E-state index >= 15 is 0 Å². The highest BCUT2D eigenvalue weighted by Gasteiger charge is 2.22. The van der Waals surface area contributed by atoms with Gasteiger partial charge in [-0.3, -0.25) is 14.9 Å². The van der Waals surface area contributed by atoms with Crippen LogP contribution in [0.5, 0.6) is 0 Å². The Morgan fingerprint density at radius 3 is 2.36 bits per heavy atom. The molecule has 0 spiro atoms. The lowest BCUT2D eigenvalue weighted by molar-refractivity contribution is 0.220. The molecular weight excluding hydrogens is 353 g/mol. The third-order valence-electron chi connectivity index (χ3n) is 6.03. The molecule has 0 bridgehead atoms. The van der Waals surface area contributed by atoms with Crippen molar-refractivity contribution in [2.45, 2.75) is 19.5 Å². The van der Waals surface area contributed by atoms with Crippen LogP contribution in [0, 0.1) is 5.82 Å². The van der Waals surface area contributed by atoms with Crippen molar-refractivity contribution in [2.75, 3.05) is 44.2 Å². The number of hydrogen-bond acceptors (Lipinski definition) is 4. The maximum absolute atomic E-state index is 13.4. The zero-order chi connectivity index (χ0) is 18.9. The minimum Gasteiger partial charge on any atom is -0.352 e. The summed E-state index contributed by atoms with van der Waals surface area (Å²) < 4.78 is 13.4. The molecule has 0 radical (unpaired) electrons. The minimum atomic E-state index is -0.228. The number of anilines is 1. The number of nitrogens with zero attached hydrogens (tertiary/aromatic N) is 4. The number of hydrogen-bond donors (Lipinski definition) is 1. The molecule has 1 aromatic heterocycles. The summed E-state index contributed by atoms with van der Waals surface area (Å²) >= 11 is 0. The van der Waals surface area contributed by atoms with Crippen LogP contribution in [0.2, 0.25) is 0 Å². The Hall–Kier alpha value is -2.44. The topological polar surface area (TPSA) is 38.4 Å². The lowest BCUT2D eigenvalue weighted by Crippen LogP contribution is -2.47. The van der Waals surface area contributed by atoms with Gasteiger partial charge in [-0.15, -0.1) is 0 Å². The van der Waals surface area contributed by atoms with E-state index in [1.54, 1.807) is 0 Å². The van der Waals surface area contributed by atoms with Crippen molar-refractivity contribution in [1.29, 1.82) is 0 Å². The molecule has 1 N–H and O–H groups in total. The van der Waals surface area contributed by atoms with Crippen molar-refractivity contribution in [2.24, 2.45) is 0 Å².